The van der Waals surface area contributed by atoms with Crippen LogP contribution in [0.1, 0.15) is 0 Å². The lowest BCUT2D eigenvalue weighted by Crippen LogP contribution is -1.91. The summed E-state index contributed by atoms with van der Waals surface area (Å²) in [6.07, 6.45) is 0. The molecule has 0 bridgehead atoms. The molecule has 0 saturated carbocycles. The minimum Gasteiger partial charge on any atom is -0.331 e. The lowest BCUT2D eigenvalue weighted by Gasteiger charge is -2.06. The molecule has 1 heterocycles. The third kappa shape index (κ3) is 2.81. The molecule has 2 nitrogen and oxygen atoms in total. The van der Waals surface area contributed by atoms with Crippen LogP contribution in [-0.4, -0.2) is 4.98 Å². The van der Waals surface area contributed by atoms with Crippen LogP contribution in [0, 0.1) is 5.82 Å². The zero-order valence-electron chi connectivity index (χ0n) is 12.2. The van der Waals surface area contributed by atoms with E-state index in [1.165, 1.54) is 28.9 Å². The highest BCUT2D eigenvalue weighted by Gasteiger charge is 2.07. The van der Waals surface area contributed by atoms with Gasteiger partial charge >= 0.3 is 0 Å². The first-order chi connectivity index (χ1) is 11.3. The first-order valence-corrected chi connectivity index (χ1v) is 8.14. The second-order valence-corrected chi connectivity index (χ2v) is 6.05. The fraction of sp³-hybridized carbons (Fsp3) is 0. The predicted octanol–water partition coefficient (Wildman–Crippen LogP) is 5.85. The van der Waals surface area contributed by atoms with Gasteiger partial charge in [-0.1, -0.05) is 36.4 Å². The second-order valence-electron chi connectivity index (χ2n) is 5.20. The molecule has 4 rings (SSSR count). The number of nitrogens with one attached hydrogen (secondary N) is 1. The third-order valence-electron chi connectivity index (χ3n) is 3.68. The molecule has 1 aromatic heterocycles. The molecule has 23 heavy (non-hydrogen) atoms. The molecule has 0 aliphatic rings. The lowest BCUT2D eigenvalue weighted by atomic mass is 10.1. The fourth-order valence-corrected chi connectivity index (χ4v) is 3.27. The van der Waals surface area contributed by atoms with Gasteiger partial charge in [0.15, 0.2) is 5.13 Å². The minimum atomic E-state index is -0.238. The second kappa shape index (κ2) is 5.82. The zero-order chi connectivity index (χ0) is 15.6. The van der Waals surface area contributed by atoms with Crippen LogP contribution in [0.2, 0.25) is 0 Å². The Bertz CT molecular complexity index is 955. The zero-order valence-corrected chi connectivity index (χ0v) is 13.0. The SMILES string of the molecule is Fc1ccc(-c2csc(Nc3cccc4ccccc34)n2)cc1. The summed E-state index contributed by atoms with van der Waals surface area (Å²) < 4.78 is 13.0. The van der Waals surface area contributed by atoms with Crippen LogP contribution in [-0.2, 0) is 0 Å². The molecular formula is C19H13FN2S. The molecule has 1 N–H and O–H groups in total. The van der Waals surface area contributed by atoms with E-state index in [9.17, 15) is 4.39 Å². The van der Waals surface area contributed by atoms with Gasteiger partial charge in [0.1, 0.15) is 5.82 Å². The van der Waals surface area contributed by atoms with Crippen molar-refractivity contribution >= 4 is 32.9 Å². The molecule has 0 fully saturated rings. The predicted molar refractivity (Wildman–Crippen MR) is 94.7 cm³/mol. The van der Waals surface area contributed by atoms with E-state index in [0.29, 0.717) is 0 Å². The number of rotatable bonds is 3. The van der Waals surface area contributed by atoms with Gasteiger partial charge in [0.05, 0.1) is 5.69 Å². The van der Waals surface area contributed by atoms with Crippen molar-refractivity contribution in [2.75, 3.05) is 5.32 Å². The molecule has 0 unspecified atom stereocenters. The Morgan fingerprint density at radius 1 is 0.870 bits per heavy atom. The Balaban J connectivity index is 1.66. The van der Waals surface area contributed by atoms with Crippen LogP contribution in [0.5, 0.6) is 0 Å². The van der Waals surface area contributed by atoms with Gasteiger partial charge in [0.25, 0.3) is 0 Å². The molecule has 0 amide bonds. The van der Waals surface area contributed by atoms with Crippen LogP contribution < -0.4 is 5.32 Å². The number of halogens is 1. The van der Waals surface area contributed by atoms with Gasteiger partial charge in [-0.05, 0) is 35.7 Å². The summed E-state index contributed by atoms with van der Waals surface area (Å²) in [5, 5.41) is 8.52. The number of anilines is 2. The third-order valence-corrected chi connectivity index (χ3v) is 4.43. The monoisotopic (exact) mass is 320 g/mol. The highest BCUT2D eigenvalue weighted by Crippen LogP contribution is 2.30. The van der Waals surface area contributed by atoms with Crippen molar-refractivity contribution in [2.45, 2.75) is 0 Å². The van der Waals surface area contributed by atoms with Crippen molar-refractivity contribution in [2.24, 2.45) is 0 Å². The number of thiazole rings is 1. The van der Waals surface area contributed by atoms with E-state index in [1.807, 2.05) is 29.6 Å². The van der Waals surface area contributed by atoms with E-state index in [1.54, 1.807) is 12.1 Å². The Morgan fingerprint density at radius 3 is 2.52 bits per heavy atom. The van der Waals surface area contributed by atoms with E-state index >= 15 is 0 Å². The quantitative estimate of drug-likeness (QED) is 0.512. The van der Waals surface area contributed by atoms with E-state index in [-0.39, 0.29) is 5.82 Å². The van der Waals surface area contributed by atoms with Gasteiger partial charge in [0, 0.05) is 22.0 Å². The van der Waals surface area contributed by atoms with E-state index in [4.69, 9.17) is 0 Å². The van der Waals surface area contributed by atoms with Crippen molar-refractivity contribution in [3.8, 4) is 11.3 Å². The van der Waals surface area contributed by atoms with Crippen LogP contribution in [0.3, 0.4) is 0 Å². The van der Waals surface area contributed by atoms with Gasteiger partial charge < -0.3 is 5.32 Å². The number of hydrogen-bond acceptors (Lipinski definition) is 3. The Morgan fingerprint density at radius 2 is 1.65 bits per heavy atom. The van der Waals surface area contributed by atoms with Gasteiger partial charge in [-0.15, -0.1) is 11.3 Å². The smallest absolute Gasteiger partial charge is 0.187 e. The van der Waals surface area contributed by atoms with Crippen LogP contribution >= 0.6 is 11.3 Å². The number of benzene rings is 3. The molecule has 0 saturated heterocycles. The summed E-state index contributed by atoms with van der Waals surface area (Å²) in [7, 11) is 0. The highest BCUT2D eigenvalue weighted by atomic mass is 32.1. The summed E-state index contributed by atoms with van der Waals surface area (Å²) >= 11 is 1.54. The first-order valence-electron chi connectivity index (χ1n) is 7.26. The van der Waals surface area contributed by atoms with E-state index < -0.39 is 0 Å². The first kappa shape index (κ1) is 13.9. The molecular weight excluding hydrogens is 307 g/mol. The number of aromatic nitrogens is 1. The van der Waals surface area contributed by atoms with E-state index in [2.05, 4.69) is 28.5 Å². The molecule has 0 spiro atoms. The largest absolute Gasteiger partial charge is 0.331 e. The average molecular weight is 320 g/mol. The van der Waals surface area contributed by atoms with E-state index in [0.717, 1.165) is 27.5 Å². The van der Waals surface area contributed by atoms with Gasteiger partial charge in [0.2, 0.25) is 0 Å². The van der Waals surface area contributed by atoms with Crippen LogP contribution in [0.4, 0.5) is 15.2 Å². The fourth-order valence-electron chi connectivity index (χ4n) is 2.53. The Kier molecular flexibility index (Phi) is 3.52. The maximum absolute atomic E-state index is 13.0. The van der Waals surface area contributed by atoms with Crippen LogP contribution in [0.15, 0.2) is 72.1 Å². The molecule has 3 aromatic carbocycles. The summed E-state index contributed by atoms with van der Waals surface area (Å²) in [6.45, 7) is 0. The lowest BCUT2D eigenvalue weighted by molar-refractivity contribution is 0.628. The summed E-state index contributed by atoms with van der Waals surface area (Å²) in [5.41, 5.74) is 2.79. The van der Waals surface area contributed by atoms with Gasteiger partial charge in [-0.2, -0.15) is 0 Å². The van der Waals surface area contributed by atoms with Crippen LogP contribution in [0.25, 0.3) is 22.0 Å². The topological polar surface area (TPSA) is 24.9 Å². The molecule has 0 aliphatic heterocycles. The summed E-state index contributed by atoms with van der Waals surface area (Å²) in [6, 6.07) is 20.8. The van der Waals surface area contributed by atoms with Crippen molar-refractivity contribution in [1.29, 1.82) is 0 Å². The van der Waals surface area contributed by atoms with Crippen molar-refractivity contribution in [3.05, 3.63) is 77.9 Å². The maximum atomic E-state index is 13.0. The molecule has 4 heteroatoms. The standard InChI is InChI=1S/C19H13FN2S/c20-15-10-8-14(9-11-15)18-12-23-19(22-18)21-17-7-3-5-13-4-1-2-6-16(13)17/h1-12H,(H,21,22). The molecule has 4 aromatic rings. The molecule has 112 valence electrons. The summed E-state index contributed by atoms with van der Waals surface area (Å²) in [5.74, 6) is -0.238. The molecule has 0 aliphatic carbocycles. The van der Waals surface area contributed by atoms with Gasteiger partial charge in [-0.25, -0.2) is 9.37 Å². The molecule has 0 atom stereocenters. The van der Waals surface area contributed by atoms with Gasteiger partial charge in [-0.3, -0.25) is 0 Å². The average Bonchev–Trinajstić information content (AvgIpc) is 3.04. The minimum absolute atomic E-state index is 0.238. The Labute approximate surface area is 137 Å². The highest BCUT2D eigenvalue weighted by molar-refractivity contribution is 7.14. The maximum Gasteiger partial charge on any atom is 0.187 e. The summed E-state index contributed by atoms with van der Waals surface area (Å²) in [4.78, 5) is 4.60. The van der Waals surface area contributed by atoms with Crippen molar-refractivity contribution < 1.29 is 4.39 Å². The van der Waals surface area contributed by atoms with Crippen molar-refractivity contribution in [1.82, 2.24) is 4.98 Å². The normalized spacial score (nSPS) is 10.8. The molecule has 0 radical (unpaired) electrons. The van der Waals surface area contributed by atoms with Crippen molar-refractivity contribution in [3.63, 3.8) is 0 Å². The number of fused-ring (bicyclic) bond motifs is 1. The Hall–Kier alpha value is -2.72. The number of hydrogen-bond donors (Lipinski definition) is 1. The number of nitrogens with zero attached hydrogens (tertiary/aromatic N) is 1.